The first-order chi connectivity index (χ1) is 8.83. The van der Waals surface area contributed by atoms with Crippen molar-refractivity contribution in [2.45, 2.75) is 25.4 Å². The standard InChI is InChI=1S/C15H22O3/c1-17-10-11-18-9-8-13-7-6-12-4-2-3-5-14(12)15(13)16/h2-5,13,15-16H,6-11H2,1H3. The predicted molar refractivity (Wildman–Crippen MR) is 70.5 cm³/mol. The Morgan fingerprint density at radius 2 is 2.06 bits per heavy atom. The summed E-state index contributed by atoms with van der Waals surface area (Å²) in [4.78, 5) is 0. The number of benzene rings is 1. The molecule has 2 unspecified atom stereocenters. The van der Waals surface area contributed by atoms with Crippen molar-refractivity contribution in [3.63, 3.8) is 0 Å². The first kappa shape index (κ1) is 13.5. The van der Waals surface area contributed by atoms with Crippen LogP contribution in [0.25, 0.3) is 0 Å². The van der Waals surface area contributed by atoms with Gasteiger partial charge in [0.2, 0.25) is 0 Å². The Morgan fingerprint density at radius 3 is 2.89 bits per heavy atom. The van der Waals surface area contributed by atoms with E-state index in [1.54, 1.807) is 7.11 Å². The Balaban J connectivity index is 1.82. The van der Waals surface area contributed by atoms with Gasteiger partial charge in [-0.15, -0.1) is 0 Å². The van der Waals surface area contributed by atoms with Crippen LogP contribution in [0.3, 0.4) is 0 Å². The molecule has 1 aromatic rings. The van der Waals surface area contributed by atoms with Gasteiger partial charge in [0.25, 0.3) is 0 Å². The van der Waals surface area contributed by atoms with Gasteiger partial charge in [0.15, 0.2) is 0 Å². The van der Waals surface area contributed by atoms with Crippen LogP contribution in [0.15, 0.2) is 24.3 Å². The number of fused-ring (bicyclic) bond motifs is 1. The van der Waals surface area contributed by atoms with E-state index in [2.05, 4.69) is 6.07 Å². The third kappa shape index (κ3) is 3.31. The van der Waals surface area contributed by atoms with Gasteiger partial charge < -0.3 is 14.6 Å². The number of aliphatic hydroxyl groups excluding tert-OH is 1. The molecule has 0 saturated heterocycles. The molecule has 0 radical (unpaired) electrons. The SMILES string of the molecule is COCCOCCC1CCc2ccccc2C1O. The number of aliphatic hydroxyl groups is 1. The number of hydrogen-bond donors (Lipinski definition) is 1. The second kappa shape index (κ2) is 6.88. The molecule has 100 valence electrons. The van der Waals surface area contributed by atoms with Crippen LogP contribution in [-0.4, -0.2) is 32.0 Å². The van der Waals surface area contributed by atoms with E-state index in [1.165, 1.54) is 5.56 Å². The van der Waals surface area contributed by atoms with E-state index in [0.29, 0.717) is 25.7 Å². The molecule has 3 nitrogen and oxygen atoms in total. The van der Waals surface area contributed by atoms with E-state index in [4.69, 9.17) is 9.47 Å². The Hall–Kier alpha value is -0.900. The molecule has 0 bridgehead atoms. The van der Waals surface area contributed by atoms with Gasteiger partial charge in [0.1, 0.15) is 0 Å². The van der Waals surface area contributed by atoms with Crippen LogP contribution in [0.1, 0.15) is 30.1 Å². The van der Waals surface area contributed by atoms with E-state index in [-0.39, 0.29) is 6.10 Å². The lowest BCUT2D eigenvalue weighted by Crippen LogP contribution is -2.22. The van der Waals surface area contributed by atoms with Crippen molar-refractivity contribution in [3.05, 3.63) is 35.4 Å². The molecule has 3 heteroatoms. The van der Waals surface area contributed by atoms with Crippen LogP contribution in [0.5, 0.6) is 0 Å². The second-order valence-electron chi connectivity index (χ2n) is 4.84. The number of ether oxygens (including phenoxy) is 2. The van der Waals surface area contributed by atoms with Crippen LogP contribution in [0.4, 0.5) is 0 Å². The maximum Gasteiger partial charge on any atom is 0.0821 e. The van der Waals surface area contributed by atoms with Gasteiger partial charge in [-0.3, -0.25) is 0 Å². The van der Waals surface area contributed by atoms with Crippen molar-refractivity contribution < 1.29 is 14.6 Å². The van der Waals surface area contributed by atoms with Gasteiger partial charge >= 0.3 is 0 Å². The summed E-state index contributed by atoms with van der Waals surface area (Å²) < 4.78 is 10.4. The van der Waals surface area contributed by atoms with Crippen LogP contribution in [0.2, 0.25) is 0 Å². The third-order valence-electron chi connectivity index (χ3n) is 3.67. The van der Waals surface area contributed by atoms with Gasteiger partial charge in [-0.25, -0.2) is 0 Å². The molecule has 0 spiro atoms. The molecule has 1 aliphatic rings. The first-order valence-corrected chi connectivity index (χ1v) is 6.65. The van der Waals surface area contributed by atoms with Gasteiger partial charge in [-0.05, 0) is 36.3 Å². The minimum absolute atomic E-state index is 0.322. The lowest BCUT2D eigenvalue weighted by Gasteiger charge is -2.30. The largest absolute Gasteiger partial charge is 0.388 e. The lowest BCUT2D eigenvalue weighted by molar-refractivity contribution is 0.0363. The van der Waals surface area contributed by atoms with Gasteiger partial charge in [-0.2, -0.15) is 0 Å². The summed E-state index contributed by atoms with van der Waals surface area (Å²) in [6, 6.07) is 8.20. The zero-order valence-corrected chi connectivity index (χ0v) is 11.0. The quantitative estimate of drug-likeness (QED) is 0.788. The van der Waals surface area contributed by atoms with Crippen molar-refractivity contribution in [2.24, 2.45) is 5.92 Å². The Kier molecular flexibility index (Phi) is 5.17. The maximum absolute atomic E-state index is 10.3. The van der Waals surface area contributed by atoms with Crippen LogP contribution in [-0.2, 0) is 15.9 Å². The first-order valence-electron chi connectivity index (χ1n) is 6.65. The highest BCUT2D eigenvalue weighted by Crippen LogP contribution is 2.35. The molecule has 1 aromatic carbocycles. The van der Waals surface area contributed by atoms with Crippen LogP contribution >= 0.6 is 0 Å². The Morgan fingerprint density at radius 1 is 1.22 bits per heavy atom. The normalized spacial score (nSPS) is 22.8. The third-order valence-corrected chi connectivity index (χ3v) is 3.67. The monoisotopic (exact) mass is 250 g/mol. The number of methoxy groups -OCH3 is 1. The Bertz CT molecular complexity index is 365. The molecule has 0 aromatic heterocycles. The molecule has 0 heterocycles. The maximum atomic E-state index is 10.3. The minimum atomic E-state index is -0.332. The highest BCUT2D eigenvalue weighted by molar-refractivity contribution is 5.31. The molecule has 0 amide bonds. The second-order valence-corrected chi connectivity index (χ2v) is 4.84. The smallest absolute Gasteiger partial charge is 0.0821 e. The number of rotatable bonds is 6. The average molecular weight is 250 g/mol. The summed E-state index contributed by atoms with van der Waals surface area (Å²) in [6.07, 6.45) is 2.70. The van der Waals surface area contributed by atoms with Crippen LogP contribution < -0.4 is 0 Å². The van der Waals surface area contributed by atoms with Crippen molar-refractivity contribution in [2.75, 3.05) is 26.9 Å². The zero-order valence-electron chi connectivity index (χ0n) is 11.0. The average Bonchev–Trinajstić information content (AvgIpc) is 2.41. The number of hydrogen-bond acceptors (Lipinski definition) is 3. The van der Waals surface area contributed by atoms with Crippen molar-refractivity contribution in [1.82, 2.24) is 0 Å². The molecule has 2 rings (SSSR count). The summed E-state index contributed by atoms with van der Waals surface area (Å²) >= 11 is 0. The highest BCUT2D eigenvalue weighted by Gasteiger charge is 2.27. The molecule has 0 aliphatic heterocycles. The van der Waals surface area contributed by atoms with E-state index < -0.39 is 0 Å². The fraction of sp³-hybridized carbons (Fsp3) is 0.600. The van der Waals surface area contributed by atoms with Gasteiger partial charge in [-0.1, -0.05) is 24.3 Å². The Labute approximate surface area is 109 Å². The molecular weight excluding hydrogens is 228 g/mol. The van der Waals surface area contributed by atoms with E-state index in [9.17, 15) is 5.11 Å². The van der Waals surface area contributed by atoms with Crippen molar-refractivity contribution >= 4 is 0 Å². The van der Waals surface area contributed by atoms with Gasteiger partial charge in [0.05, 0.1) is 19.3 Å². The summed E-state index contributed by atoms with van der Waals surface area (Å²) in [5.41, 5.74) is 2.40. The summed E-state index contributed by atoms with van der Waals surface area (Å²) in [5, 5.41) is 10.3. The van der Waals surface area contributed by atoms with Crippen LogP contribution in [0, 0.1) is 5.92 Å². The minimum Gasteiger partial charge on any atom is -0.388 e. The summed E-state index contributed by atoms with van der Waals surface area (Å²) in [5.74, 6) is 0.322. The van der Waals surface area contributed by atoms with Gasteiger partial charge in [0, 0.05) is 13.7 Å². The molecule has 1 aliphatic carbocycles. The summed E-state index contributed by atoms with van der Waals surface area (Å²) in [6.45, 7) is 1.97. The molecule has 0 fully saturated rings. The predicted octanol–water partition coefficient (Wildman–Crippen LogP) is 2.34. The molecule has 1 N–H and O–H groups in total. The lowest BCUT2D eigenvalue weighted by atomic mass is 9.80. The molecule has 18 heavy (non-hydrogen) atoms. The van der Waals surface area contributed by atoms with Crippen molar-refractivity contribution in [3.8, 4) is 0 Å². The molecule has 2 atom stereocenters. The molecular formula is C15H22O3. The van der Waals surface area contributed by atoms with E-state index in [1.807, 2.05) is 18.2 Å². The zero-order chi connectivity index (χ0) is 12.8. The fourth-order valence-corrected chi connectivity index (χ4v) is 2.58. The topological polar surface area (TPSA) is 38.7 Å². The number of aryl methyl sites for hydroxylation is 1. The van der Waals surface area contributed by atoms with Crippen molar-refractivity contribution in [1.29, 1.82) is 0 Å². The van der Waals surface area contributed by atoms with E-state index >= 15 is 0 Å². The van der Waals surface area contributed by atoms with E-state index in [0.717, 1.165) is 24.8 Å². The summed E-state index contributed by atoms with van der Waals surface area (Å²) in [7, 11) is 1.67. The highest BCUT2D eigenvalue weighted by atomic mass is 16.5. The molecule has 0 saturated carbocycles. The fourth-order valence-electron chi connectivity index (χ4n) is 2.58.